The minimum atomic E-state index is -0.619. The van der Waals surface area contributed by atoms with Gasteiger partial charge in [-0.3, -0.25) is 0 Å². The van der Waals surface area contributed by atoms with E-state index in [-0.39, 0.29) is 12.4 Å². The van der Waals surface area contributed by atoms with Gasteiger partial charge in [0, 0.05) is 0 Å². The first-order valence-corrected chi connectivity index (χ1v) is 8.60. The molecule has 4 N–H and O–H groups in total. The summed E-state index contributed by atoms with van der Waals surface area (Å²) in [5.74, 6) is -0.256. The monoisotopic (exact) mass is 383 g/mol. The van der Waals surface area contributed by atoms with E-state index < -0.39 is 16.0 Å². The van der Waals surface area contributed by atoms with Gasteiger partial charge in [0.05, 0.1) is 29.0 Å². The SMILES string of the molecule is CC(=NO)C(C)(C)NCCCNC(C)(C)C(Cn1cnc([N+](=O)[O-])c1)=NO. The van der Waals surface area contributed by atoms with Crippen molar-refractivity contribution in [2.75, 3.05) is 13.1 Å². The van der Waals surface area contributed by atoms with Crippen LogP contribution in [-0.2, 0) is 6.54 Å². The zero-order valence-electron chi connectivity index (χ0n) is 16.4. The first-order chi connectivity index (χ1) is 12.5. The summed E-state index contributed by atoms with van der Waals surface area (Å²) in [6.07, 6.45) is 3.41. The van der Waals surface area contributed by atoms with Gasteiger partial charge in [-0.05, 0) is 64.0 Å². The van der Waals surface area contributed by atoms with Gasteiger partial charge in [-0.2, -0.15) is 0 Å². The van der Waals surface area contributed by atoms with Gasteiger partial charge in [0.15, 0.2) is 0 Å². The summed E-state index contributed by atoms with van der Waals surface area (Å²) >= 11 is 0. The summed E-state index contributed by atoms with van der Waals surface area (Å²) in [6, 6.07) is 0. The van der Waals surface area contributed by atoms with E-state index in [2.05, 4.69) is 25.9 Å². The summed E-state index contributed by atoms with van der Waals surface area (Å²) in [5, 5.41) is 42.2. The van der Waals surface area contributed by atoms with E-state index >= 15 is 0 Å². The lowest BCUT2D eigenvalue weighted by molar-refractivity contribution is -0.389. The highest BCUT2D eigenvalue weighted by molar-refractivity contribution is 5.92. The number of nitro groups is 1. The van der Waals surface area contributed by atoms with E-state index in [1.165, 1.54) is 17.1 Å². The lowest BCUT2D eigenvalue weighted by Gasteiger charge is -2.28. The number of hydrogen-bond donors (Lipinski definition) is 4. The Morgan fingerprint density at radius 3 is 2.30 bits per heavy atom. The second-order valence-corrected chi connectivity index (χ2v) is 7.35. The maximum absolute atomic E-state index is 10.7. The molecule has 11 nitrogen and oxygen atoms in total. The highest BCUT2D eigenvalue weighted by atomic mass is 16.6. The zero-order valence-corrected chi connectivity index (χ0v) is 16.4. The molecule has 0 aromatic carbocycles. The highest BCUT2D eigenvalue weighted by Crippen LogP contribution is 2.11. The summed E-state index contributed by atoms with van der Waals surface area (Å²) < 4.78 is 1.50. The van der Waals surface area contributed by atoms with Crippen LogP contribution in [0.15, 0.2) is 22.8 Å². The minimum absolute atomic E-state index is 0.175. The van der Waals surface area contributed by atoms with E-state index in [9.17, 15) is 15.3 Å². The number of nitrogens with zero attached hydrogens (tertiary/aromatic N) is 5. The molecule has 0 fully saturated rings. The van der Waals surface area contributed by atoms with Gasteiger partial charge in [-0.1, -0.05) is 10.3 Å². The van der Waals surface area contributed by atoms with Crippen molar-refractivity contribution in [2.24, 2.45) is 10.3 Å². The molecule has 0 amide bonds. The van der Waals surface area contributed by atoms with Crippen LogP contribution in [0.2, 0.25) is 0 Å². The first-order valence-electron chi connectivity index (χ1n) is 8.60. The Labute approximate surface area is 158 Å². The van der Waals surface area contributed by atoms with Crippen molar-refractivity contribution in [1.82, 2.24) is 20.2 Å². The van der Waals surface area contributed by atoms with Crippen LogP contribution in [0.1, 0.15) is 41.0 Å². The molecule has 1 heterocycles. The Morgan fingerprint density at radius 2 is 1.81 bits per heavy atom. The molecule has 0 aliphatic rings. The number of rotatable bonds is 11. The third-order valence-corrected chi connectivity index (χ3v) is 4.52. The summed E-state index contributed by atoms with van der Waals surface area (Å²) in [4.78, 5) is 13.8. The third-order valence-electron chi connectivity index (χ3n) is 4.52. The van der Waals surface area contributed by atoms with E-state index in [0.29, 0.717) is 24.5 Å². The van der Waals surface area contributed by atoms with Crippen LogP contribution in [-0.4, -0.2) is 60.5 Å². The van der Waals surface area contributed by atoms with Crippen molar-refractivity contribution in [1.29, 1.82) is 0 Å². The molecule has 1 aromatic rings. The molecule has 27 heavy (non-hydrogen) atoms. The van der Waals surface area contributed by atoms with Gasteiger partial charge in [0.25, 0.3) is 0 Å². The Bertz CT molecular complexity index is 695. The lowest BCUT2D eigenvalue weighted by atomic mass is 9.97. The Balaban J connectivity index is 2.53. The summed E-state index contributed by atoms with van der Waals surface area (Å²) in [6.45, 7) is 10.9. The molecule has 152 valence electrons. The second kappa shape index (κ2) is 9.42. The van der Waals surface area contributed by atoms with Crippen molar-refractivity contribution in [3.8, 4) is 0 Å². The van der Waals surface area contributed by atoms with Gasteiger partial charge in [-0.25, -0.2) is 0 Å². The van der Waals surface area contributed by atoms with Crippen molar-refractivity contribution in [3.05, 3.63) is 22.6 Å². The molecule has 1 aromatic heterocycles. The standard InChI is InChI=1S/C16H29N7O4/c1-12(20-24)15(2,3)18-7-6-8-19-16(4,5)13(21-25)9-22-10-14(17-11-22)23(26)27/h10-11,18-19,24-25H,6-9H2,1-5H3. The predicted molar refractivity (Wildman–Crippen MR) is 102 cm³/mol. The average Bonchev–Trinajstić information content (AvgIpc) is 3.07. The maximum Gasteiger partial charge on any atom is 0.381 e. The molecule has 0 spiro atoms. The van der Waals surface area contributed by atoms with Crippen molar-refractivity contribution < 1.29 is 15.3 Å². The fourth-order valence-corrected chi connectivity index (χ4v) is 2.30. The predicted octanol–water partition coefficient (Wildman–Crippen LogP) is 1.60. The molecule has 0 unspecified atom stereocenters. The van der Waals surface area contributed by atoms with E-state index in [1.807, 2.05) is 27.7 Å². The number of aromatic nitrogens is 2. The van der Waals surface area contributed by atoms with Crippen molar-refractivity contribution in [2.45, 2.75) is 58.7 Å². The molecule has 0 aliphatic carbocycles. The van der Waals surface area contributed by atoms with E-state index in [1.54, 1.807) is 6.92 Å². The van der Waals surface area contributed by atoms with Crippen LogP contribution in [0.3, 0.4) is 0 Å². The highest BCUT2D eigenvalue weighted by Gasteiger charge is 2.26. The largest absolute Gasteiger partial charge is 0.411 e. The van der Waals surface area contributed by atoms with Gasteiger partial charge in [-0.15, -0.1) is 0 Å². The molecule has 0 saturated carbocycles. The fourth-order valence-electron chi connectivity index (χ4n) is 2.30. The molecule has 1 rings (SSSR count). The average molecular weight is 383 g/mol. The van der Waals surface area contributed by atoms with E-state index in [4.69, 9.17) is 5.21 Å². The molecule has 0 radical (unpaired) electrons. The fraction of sp³-hybridized carbons (Fsp3) is 0.688. The van der Waals surface area contributed by atoms with Gasteiger partial charge in [0.2, 0.25) is 6.33 Å². The molecular weight excluding hydrogens is 354 g/mol. The Morgan fingerprint density at radius 1 is 1.22 bits per heavy atom. The van der Waals surface area contributed by atoms with Crippen LogP contribution >= 0.6 is 0 Å². The van der Waals surface area contributed by atoms with Crippen molar-refractivity contribution in [3.63, 3.8) is 0 Å². The van der Waals surface area contributed by atoms with Crippen LogP contribution in [0.25, 0.3) is 0 Å². The molecular formula is C16H29N7O4. The molecule has 0 aliphatic heterocycles. The third kappa shape index (κ3) is 6.61. The second-order valence-electron chi connectivity index (χ2n) is 7.35. The number of oxime groups is 2. The normalized spacial score (nSPS) is 13.8. The lowest BCUT2D eigenvalue weighted by Crippen LogP contribution is -2.50. The molecule has 0 atom stereocenters. The minimum Gasteiger partial charge on any atom is -0.411 e. The number of nitrogens with one attached hydrogen (secondary N) is 2. The van der Waals surface area contributed by atoms with Gasteiger partial charge in [0.1, 0.15) is 6.20 Å². The topological polar surface area (TPSA) is 150 Å². The molecule has 0 saturated heterocycles. The summed E-state index contributed by atoms with van der Waals surface area (Å²) in [5.41, 5.74) is -0.00421. The Hall–Kier alpha value is -2.53. The van der Waals surface area contributed by atoms with E-state index in [0.717, 1.165) is 6.42 Å². The van der Waals surface area contributed by atoms with Crippen LogP contribution in [0.4, 0.5) is 5.82 Å². The maximum atomic E-state index is 10.7. The van der Waals surface area contributed by atoms with Gasteiger partial charge < -0.3 is 35.7 Å². The quantitative estimate of drug-likeness (QED) is 0.149. The van der Waals surface area contributed by atoms with Gasteiger partial charge >= 0.3 is 5.82 Å². The Kier molecular flexibility index (Phi) is 7.85. The van der Waals surface area contributed by atoms with Crippen LogP contribution < -0.4 is 10.6 Å². The molecule has 0 bridgehead atoms. The van der Waals surface area contributed by atoms with Crippen LogP contribution in [0, 0.1) is 10.1 Å². The van der Waals surface area contributed by atoms with Crippen LogP contribution in [0.5, 0.6) is 0 Å². The summed E-state index contributed by atoms with van der Waals surface area (Å²) in [7, 11) is 0. The first kappa shape index (κ1) is 22.5. The number of imidazole rings is 1. The zero-order chi connectivity index (χ0) is 20.7. The number of hydrogen-bond acceptors (Lipinski definition) is 9. The van der Waals surface area contributed by atoms with Crippen molar-refractivity contribution >= 4 is 17.2 Å². The molecule has 11 heteroatoms. The smallest absolute Gasteiger partial charge is 0.381 e.